The van der Waals surface area contributed by atoms with Crippen LogP contribution in [0.15, 0.2) is 35.0 Å². The average Bonchev–Trinajstić information content (AvgIpc) is 2.96. The van der Waals surface area contributed by atoms with Crippen molar-refractivity contribution >= 4 is 27.7 Å². The van der Waals surface area contributed by atoms with Crippen LogP contribution < -0.4 is 5.32 Å². The smallest absolute Gasteiger partial charge is 0.404 e. The number of halogens is 2. The highest BCUT2D eigenvalue weighted by atomic mass is 35.5. The van der Waals surface area contributed by atoms with E-state index in [1.165, 1.54) is 31.8 Å². The minimum atomic E-state index is -3.69. The summed E-state index contributed by atoms with van der Waals surface area (Å²) in [5.74, 6) is -0.615. The molecule has 1 aromatic carbocycles. The molecular weight excluding hydrogens is 463 g/mol. The second-order valence-electron chi connectivity index (χ2n) is 7.35. The molecule has 0 saturated carbocycles. The number of benzene rings is 1. The highest BCUT2D eigenvalue weighted by molar-refractivity contribution is 7.89. The Balaban J connectivity index is 2.35. The van der Waals surface area contributed by atoms with E-state index < -0.39 is 28.0 Å². The molecule has 0 aliphatic rings. The lowest BCUT2D eigenvalue weighted by molar-refractivity contribution is 0.186. The number of carbonyl (C=O) groups is 1. The molecule has 1 atom stereocenters. The fraction of sp³-hybridized carbons (Fsp3) is 0.400. The minimum Gasteiger partial charge on any atom is -0.465 e. The van der Waals surface area contributed by atoms with Crippen LogP contribution >= 0.6 is 11.6 Å². The van der Waals surface area contributed by atoms with Gasteiger partial charge in [-0.25, -0.2) is 21.9 Å². The van der Waals surface area contributed by atoms with E-state index in [1.807, 2.05) is 5.32 Å². The van der Waals surface area contributed by atoms with Gasteiger partial charge in [-0.2, -0.15) is 5.10 Å². The first-order chi connectivity index (χ1) is 14.8. The summed E-state index contributed by atoms with van der Waals surface area (Å²) >= 11 is 6.23. The summed E-state index contributed by atoms with van der Waals surface area (Å²) < 4.78 is 41.3. The number of aliphatic hydroxyl groups excluding tert-OH is 1. The third-order valence-corrected chi connectivity index (χ3v) is 7.00. The van der Waals surface area contributed by atoms with Gasteiger partial charge < -0.3 is 15.5 Å². The standard InChI is InChI=1S/C20H26ClFN4O5S/c1-12-16(9-14-5-6-18(17(21)10-14)32(30,31)25(3)4)19(13(2)27)26(24-12)11-15(22)7-8-23-20(28)29/h5-7,10,13,23,27H,8-9,11H2,1-4H3,(H,28,29). The quantitative estimate of drug-likeness (QED) is 0.498. The van der Waals surface area contributed by atoms with Gasteiger partial charge in [-0.05, 0) is 37.6 Å². The van der Waals surface area contributed by atoms with Crippen molar-refractivity contribution in [2.75, 3.05) is 20.6 Å². The van der Waals surface area contributed by atoms with Crippen LogP contribution in [0.3, 0.4) is 0 Å². The first-order valence-electron chi connectivity index (χ1n) is 9.61. The average molecular weight is 489 g/mol. The van der Waals surface area contributed by atoms with Crippen LogP contribution in [-0.2, 0) is 23.0 Å². The number of aryl methyl sites for hydroxylation is 1. The molecule has 0 spiro atoms. The Bertz CT molecular complexity index is 1130. The molecule has 12 heteroatoms. The number of sulfonamides is 1. The van der Waals surface area contributed by atoms with Crippen molar-refractivity contribution in [3.63, 3.8) is 0 Å². The summed E-state index contributed by atoms with van der Waals surface area (Å²) in [5, 5.41) is 25.3. The van der Waals surface area contributed by atoms with E-state index in [9.17, 15) is 22.7 Å². The first-order valence-corrected chi connectivity index (χ1v) is 11.4. The number of amides is 1. The molecule has 1 amide bonds. The van der Waals surface area contributed by atoms with E-state index in [4.69, 9.17) is 16.7 Å². The monoisotopic (exact) mass is 488 g/mol. The van der Waals surface area contributed by atoms with E-state index in [1.54, 1.807) is 19.1 Å². The zero-order valence-corrected chi connectivity index (χ0v) is 19.7. The summed E-state index contributed by atoms with van der Waals surface area (Å²) in [5.41, 5.74) is 2.33. The topological polar surface area (TPSA) is 125 Å². The molecule has 1 aromatic heterocycles. The van der Waals surface area contributed by atoms with Crippen LogP contribution in [0, 0.1) is 6.92 Å². The molecule has 9 nitrogen and oxygen atoms in total. The van der Waals surface area contributed by atoms with E-state index in [-0.39, 0.29) is 23.0 Å². The molecule has 2 aromatic rings. The lowest BCUT2D eigenvalue weighted by Crippen LogP contribution is -2.22. The Morgan fingerprint density at radius 2 is 2.06 bits per heavy atom. The normalized spacial score (nSPS) is 13.4. The SMILES string of the molecule is Cc1nn(CC(F)=CCNC(=O)O)c(C(C)O)c1Cc1ccc(S(=O)(=O)N(C)C)c(Cl)c1. The van der Waals surface area contributed by atoms with Crippen LogP contribution in [0.2, 0.25) is 5.02 Å². The molecular formula is C20H26ClFN4O5S. The second-order valence-corrected chi connectivity index (χ2v) is 9.88. The molecule has 1 heterocycles. The molecule has 32 heavy (non-hydrogen) atoms. The molecule has 0 fully saturated rings. The third-order valence-electron chi connectivity index (χ3n) is 4.70. The van der Waals surface area contributed by atoms with Crippen molar-refractivity contribution < 1.29 is 27.8 Å². The fourth-order valence-corrected chi connectivity index (χ4v) is 4.60. The molecule has 176 valence electrons. The van der Waals surface area contributed by atoms with Crippen molar-refractivity contribution in [1.29, 1.82) is 0 Å². The van der Waals surface area contributed by atoms with Crippen molar-refractivity contribution in [2.45, 2.75) is 37.8 Å². The first kappa shape index (κ1) is 25.8. The van der Waals surface area contributed by atoms with Gasteiger partial charge in [-0.15, -0.1) is 0 Å². The van der Waals surface area contributed by atoms with Crippen LogP contribution in [-0.4, -0.2) is 59.4 Å². The summed E-state index contributed by atoms with van der Waals surface area (Å²) in [6.07, 6.45) is -0.848. The largest absolute Gasteiger partial charge is 0.465 e. The van der Waals surface area contributed by atoms with Crippen molar-refractivity contribution in [3.8, 4) is 0 Å². The molecule has 0 aliphatic carbocycles. The van der Waals surface area contributed by atoms with Crippen LogP contribution in [0.5, 0.6) is 0 Å². The van der Waals surface area contributed by atoms with Crippen molar-refractivity contribution in [3.05, 3.63) is 57.6 Å². The molecule has 0 bridgehead atoms. The van der Waals surface area contributed by atoms with Gasteiger partial charge in [0, 0.05) is 32.6 Å². The number of carboxylic acid groups (broad SMARTS) is 1. The van der Waals surface area contributed by atoms with E-state index in [0.29, 0.717) is 28.9 Å². The molecule has 1 unspecified atom stereocenters. The highest BCUT2D eigenvalue weighted by Crippen LogP contribution is 2.29. The summed E-state index contributed by atoms with van der Waals surface area (Å²) in [6, 6.07) is 4.59. The number of aromatic nitrogens is 2. The zero-order valence-electron chi connectivity index (χ0n) is 18.1. The van der Waals surface area contributed by atoms with Gasteiger partial charge in [0.15, 0.2) is 0 Å². The van der Waals surface area contributed by atoms with Gasteiger partial charge >= 0.3 is 6.09 Å². The van der Waals surface area contributed by atoms with E-state index >= 15 is 0 Å². The Morgan fingerprint density at radius 1 is 1.41 bits per heavy atom. The number of nitrogens with zero attached hydrogens (tertiary/aromatic N) is 3. The number of hydrogen-bond donors (Lipinski definition) is 3. The lowest BCUT2D eigenvalue weighted by Gasteiger charge is -2.14. The van der Waals surface area contributed by atoms with Gasteiger partial charge in [0.25, 0.3) is 0 Å². The Morgan fingerprint density at radius 3 is 2.59 bits per heavy atom. The molecule has 0 radical (unpaired) electrons. The Labute approximate surface area is 191 Å². The summed E-state index contributed by atoms with van der Waals surface area (Å²) in [4.78, 5) is 10.5. The highest BCUT2D eigenvalue weighted by Gasteiger charge is 2.23. The van der Waals surface area contributed by atoms with E-state index in [2.05, 4.69) is 5.10 Å². The van der Waals surface area contributed by atoms with Gasteiger partial charge in [-0.1, -0.05) is 17.7 Å². The fourth-order valence-electron chi connectivity index (χ4n) is 3.16. The van der Waals surface area contributed by atoms with Crippen molar-refractivity contribution in [2.24, 2.45) is 0 Å². The number of hydrogen-bond acceptors (Lipinski definition) is 5. The second kappa shape index (κ2) is 10.4. The maximum absolute atomic E-state index is 14.2. The Hall–Kier alpha value is -2.47. The minimum absolute atomic E-state index is 0.0155. The van der Waals surface area contributed by atoms with Gasteiger partial charge in [0.2, 0.25) is 10.0 Å². The van der Waals surface area contributed by atoms with Crippen molar-refractivity contribution in [1.82, 2.24) is 19.4 Å². The predicted molar refractivity (Wildman–Crippen MR) is 118 cm³/mol. The molecule has 3 N–H and O–H groups in total. The molecule has 0 saturated heterocycles. The maximum Gasteiger partial charge on any atom is 0.404 e. The van der Waals surface area contributed by atoms with Crippen LogP contribution in [0.25, 0.3) is 0 Å². The predicted octanol–water partition coefficient (Wildman–Crippen LogP) is 2.86. The van der Waals surface area contributed by atoms with Gasteiger partial charge in [0.05, 0.1) is 29.1 Å². The number of allylic oxidation sites excluding steroid dienone is 1. The molecule has 0 aliphatic heterocycles. The summed E-state index contributed by atoms with van der Waals surface area (Å²) in [7, 11) is -0.866. The number of rotatable bonds is 9. The van der Waals surface area contributed by atoms with Crippen LogP contribution in [0.1, 0.15) is 35.5 Å². The van der Waals surface area contributed by atoms with Crippen LogP contribution in [0.4, 0.5) is 9.18 Å². The lowest BCUT2D eigenvalue weighted by atomic mass is 10.0. The Kier molecular flexibility index (Phi) is 8.41. The maximum atomic E-state index is 14.2. The third kappa shape index (κ3) is 6.06. The van der Waals surface area contributed by atoms with Gasteiger partial charge in [0.1, 0.15) is 10.7 Å². The van der Waals surface area contributed by atoms with Gasteiger partial charge in [-0.3, -0.25) is 4.68 Å². The number of aliphatic hydroxyl groups is 1. The number of nitrogens with one attached hydrogen (secondary N) is 1. The zero-order chi connectivity index (χ0) is 24.2. The summed E-state index contributed by atoms with van der Waals surface area (Å²) in [6.45, 7) is 2.78. The molecule has 2 rings (SSSR count). The van der Waals surface area contributed by atoms with E-state index in [0.717, 1.165) is 10.4 Å².